The van der Waals surface area contributed by atoms with Gasteiger partial charge in [-0.3, -0.25) is 0 Å². The number of halogens is 2. The van der Waals surface area contributed by atoms with E-state index in [1.165, 1.54) is 0 Å². The quantitative estimate of drug-likeness (QED) is 0.602. The molecule has 22 heavy (non-hydrogen) atoms. The molecular formula is C17H12Cl2N2S. The third-order valence-corrected chi connectivity index (χ3v) is 4.77. The van der Waals surface area contributed by atoms with Crippen LogP contribution in [0.4, 0.5) is 5.69 Å². The van der Waals surface area contributed by atoms with Gasteiger partial charge in [0.25, 0.3) is 0 Å². The molecule has 0 aliphatic rings. The smallest absolute Gasteiger partial charge is 0.123 e. The van der Waals surface area contributed by atoms with Crippen molar-refractivity contribution < 1.29 is 0 Å². The lowest BCUT2D eigenvalue weighted by molar-refractivity contribution is 1.41. The molecule has 0 bridgehead atoms. The zero-order valence-electron chi connectivity index (χ0n) is 11.5. The molecule has 0 atom stereocenters. The van der Waals surface area contributed by atoms with E-state index in [9.17, 15) is 0 Å². The minimum absolute atomic E-state index is 0.632. The summed E-state index contributed by atoms with van der Waals surface area (Å²) in [4.78, 5) is 5.46. The van der Waals surface area contributed by atoms with E-state index in [-0.39, 0.29) is 0 Å². The van der Waals surface area contributed by atoms with Crippen molar-refractivity contribution in [3.63, 3.8) is 0 Å². The number of nitrogens with two attached hydrogens (primary N) is 1. The molecule has 2 nitrogen and oxygen atoms in total. The summed E-state index contributed by atoms with van der Waals surface area (Å²) in [5.74, 6) is 0. The third kappa shape index (κ3) is 3.33. The molecule has 110 valence electrons. The Hall–Kier alpha value is -1.81. The van der Waals surface area contributed by atoms with Crippen molar-refractivity contribution >= 4 is 52.4 Å². The standard InChI is InChI=1S/C17H12Cl2N2S/c18-15-2-1-3-16(19)14(15)9-8-13-10-21-17(22-13)11-4-6-12(20)7-5-11/h1-10H,20H2/b9-8+. The lowest BCUT2D eigenvalue weighted by atomic mass is 10.2. The van der Waals surface area contributed by atoms with Gasteiger partial charge in [0.15, 0.2) is 0 Å². The Morgan fingerprint density at radius 3 is 2.32 bits per heavy atom. The maximum Gasteiger partial charge on any atom is 0.123 e. The van der Waals surface area contributed by atoms with Gasteiger partial charge in [-0.25, -0.2) is 4.98 Å². The van der Waals surface area contributed by atoms with Crippen LogP contribution in [0.5, 0.6) is 0 Å². The van der Waals surface area contributed by atoms with Crippen LogP contribution >= 0.6 is 34.5 Å². The van der Waals surface area contributed by atoms with Gasteiger partial charge in [-0.05, 0) is 42.5 Å². The first-order valence-electron chi connectivity index (χ1n) is 6.57. The van der Waals surface area contributed by atoms with E-state index in [4.69, 9.17) is 28.9 Å². The second-order valence-corrected chi connectivity index (χ2v) is 6.54. The van der Waals surface area contributed by atoms with E-state index in [0.29, 0.717) is 10.0 Å². The van der Waals surface area contributed by atoms with Crippen LogP contribution in [0.15, 0.2) is 48.7 Å². The van der Waals surface area contributed by atoms with Crippen molar-refractivity contribution in [2.75, 3.05) is 5.73 Å². The number of aromatic nitrogens is 1. The molecule has 2 aromatic carbocycles. The number of rotatable bonds is 3. The van der Waals surface area contributed by atoms with Crippen LogP contribution in [0.1, 0.15) is 10.4 Å². The number of nitrogens with zero attached hydrogens (tertiary/aromatic N) is 1. The van der Waals surface area contributed by atoms with Crippen LogP contribution in [0, 0.1) is 0 Å². The number of benzene rings is 2. The van der Waals surface area contributed by atoms with Crippen LogP contribution in [0.2, 0.25) is 10.0 Å². The monoisotopic (exact) mass is 346 g/mol. The van der Waals surface area contributed by atoms with Crippen LogP contribution in [0.25, 0.3) is 22.7 Å². The van der Waals surface area contributed by atoms with Gasteiger partial charge in [0.1, 0.15) is 5.01 Å². The van der Waals surface area contributed by atoms with Crippen molar-refractivity contribution in [1.82, 2.24) is 4.98 Å². The van der Waals surface area contributed by atoms with E-state index in [1.807, 2.05) is 60.8 Å². The predicted octanol–water partition coefficient (Wildman–Crippen LogP) is 5.87. The number of hydrogen-bond acceptors (Lipinski definition) is 3. The van der Waals surface area contributed by atoms with Crippen LogP contribution in [0.3, 0.4) is 0 Å². The molecule has 5 heteroatoms. The largest absolute Gasteiger partial charge is 0.399 e. The van der Waals surface area contributed by atoms with E-state index in [2.05, 4.69) is 4.98 Å². The molecule has 1 aromatic heterocycles. The van der Waals surface area contributed by atoms with E-state index >= 15 is 0 Å². The summed E-state index contributed by atoms with van der Waals surface area (Å²) in [7, 11) is 0. The van der Waals surface area contributed by atoms with Gasteiger partial charge in [0.2, 0.25) is 0 Å². The van der Waals surface area contributed by atoms with Crippen molar-refractivity contribution in [3.8, 4) is 10.6 Å². The molecule has 0 aliphatic carbocycles. The van der Waals surface area contributed by atoms with Gasteiger partial charge in [-0.15, -0.1) is 11.3 Å². The first-order valence-corrected chi connectivity index (χ1v) is 8.14. The van der Waals surface area contributed by atoms with Crippen molar-refractivity contribution in [2.24, 2.45) is 0 Å². The number of thiazole rings is 1. The highest BCUT2D eigenvalue weighted by Gasteiger charge is 2.04. The Labute approximate surface area is 142 Å². The van der Waals surface area contributed by atoms with E-state index < -0.39 is 0 Å². The van der Waals surface area contributed by atoms with Gasteiger partial charge in [-0.1, -0.05) is 35.3 Å². The minimum atomic E-state index is 0.632. The Morgan fingerprint density at radius 1 is 0.955 bits per heavy atom. The highest BCUT2D eigenvalue weighted by atomic mass is 35.5. The molecule has 0 aliphatic heterocycles. The van der Waals surface area contributed by atoms with E-state index in [0.717, 1.165) is 26.7 Å². The molecule has 0 saturated heterocycles. The molecular weight excluding hydrogens is 335 g/mol. The third-order valence-electron chi connectivity index (χ3n) is 3.10. The SMILES string of the molecule is Nc1ccc(-c2ncc(/C=C/c3c(Cl)cccc3Cl)s2)cc1. The summed E-state index contributed by atoms with van der Waals surface area (Å²) in [5, 5.41) is 2.21. The van der Waals surface area contributed by atoms with Crippen LogP contribution in [-0.4, -0.2) is 4.98 Å². The average molecular weight is 347 g/mol. The topological polar surface area (TPSA) is 38.9 Å². The summed E-state index contributed by atoms with van der Waals surface area (Å²) in [6, 6.07) is 13.1. The van der Waals surface area contributed by atoms with Gasteiger partial charge in [-0.2, -0.15) is 0 Å². The first-order chi connectivity index (χ1) is 10.6. The van der Waals surface area contributed by atoms with Gasteiger partial charge in [0.05, 0.1) is 0 Å². The fourth-order valence-corrected chi connectivity index (χ4v) is 3.31. The van der Waals surface area contributed by atoms with Gasteiger partial charge in [0, 0.05) is 37.9 Å². The Morgan fingerprint density at radius 2 is 1.64 bits per heavy atom. The molecule has 0 saturated carbocycles. The average Bonchev–Trinajstić information content (AvgIpc) is 2.96. The lowest BCUT2D eigenvalue weighted by Crippen LogP contribution is -1.82. The van der Waals surface area contributed by atoms with Crippen molar-refractivity contribution in [3.05, 3.63) is 69.1 Å². The zero-order valence-corrected chi connectivity index (χ0v) is 13.8. The molecule has 2 N–H and O–H groups in total. The number of hydrogen-bond donors (Lipinski definition) is 1. The number of nitrogen functional groups attached to an aromatic ring is 1. The maximum absolute atomic E-state index is 6.15. The molecule has 0 amide bonds. The van der Waals surface area contributed by atoms with Gasteiger partial charge < -0.3 is 5.73 Å². The number of anilines is 1. The Kier molecular flexibility index (Phi) is 4.48. The molecule has 0 fully saturated rings. The highest BCUT2D eigenvalue weighted by Crippen LogP contribution is 2.29. The summed E-state index contributed by atoms with van der Waals surface area (Å²) in [6.07, 6.45) is 5.70. The van der Waals surface area contributed by atoms with Crippen LogP contribution in [-0.2, 0) is 0 Å². The molecule has 1 heterocycles. The van der Waals surface area contributed by atoms with Crippen molar-refractivity contribution in [2.45, 2.75) is 0 Å². The maximum atomic E-state index is 6.15. The summed E-state index contributed by atoms with van der Waals surface area (Å²) in [6.45, 7) is 0. The lowest BCUT2D eigenvalue weighted by Gasteiger charge is -1.99. The fourth-order valence-electron chi connectivity index (χ4n) is 1.96. The van der Waals surface area contributed by atoms with Crippen molar-refractivity contribution in [1.29, 1.82) is 0 Å². The normalized spacial score (nSPS) is 11.2. The molecule has 3 rings (SSSR count). The summed E-state index contributed by atoms with van der Waals surface area (Å²) >= 11 is 13.9. The zero-order chi connectivity index (χ0) is 15.5. The van der Waals surface area contributed by atoms with Gasteiger partial charge >= 0.3 is 0 Å². The van der Waals surface area contributed by atoms with E-state index in [1.54, 1.807) is 11.3 Å². The Balaban J connectivity index is 1.85. The summed E-state index contributed by atoms with van der Waals surface area (Å²) in [5.41, 5.74) is 8.31. The second-order valence-electron chi connectivity index (χ2n) is 4.66. The Bertz CT molecular complexity index is 803. The molecule has 0 radical (unpaired) electrons. The van der Waals surface area contributed by atoms with Crippen LogP contribution < -0.4 is 5.73 Å². The second kappa shape index (κ2) is 6.53. The minimum Gasteiger partial charge on any atom is -0.399 e. The molecule has 3 aromatic rings. The predicted molar refractivity (Wildman–Crippen MR) is 97.4 cm³/mol. The highest BCUT2D eigenvalue weighted by molar-refractivity contribution is 7.15. The summed E-state index contributed by atoms with van der Waals surface area (Å²) < 4.78 is 0. The molecule has 0 spiro atoms. The fraction of sp³-hybridized carbons (Fsp3) is 0. The molecule has 0 unspecified atom stereocenters. The first kappa shape index (κ1) is 15.1.